The Balaban J connectivity index is 1.61. The van der Waals surface area contributed by atoms with Gasteiger partial charge in [0.25, 0.3) is 5.91 Å². The monoisotopic (exact) mass is 364 g/mol. The lowest BCUT2D eigenvalue weighted by molar-refractivity contribution is 0.0697. The molecular formula is C21H24N4O2. The number of imidazole rings is 1. The summed E-state index contributed by atoms with van der Waals surface area (Å²) in [6.45, 7) is 5.59. The second-order valence-electron chi connectivity index (χ2n) is 7.47. The maximum Gasteiger partial charge on any atom is 0.270 e. The first-order valence-corrected chi connectivity index (χ1v) is 9.48. The molecule has 3 aromatic rings. The predicted octanol–water partition coefficient (Wildman–Crippen LogP) is 3.33. The van der Waals surface area contributed by atoms with Crippen molar-refractivity contribution in [2.75, 3.05) is 13.1 Å². The second-order valence-corrected chi connectivity index (χ2v) is 7.47. The van der Waals surface area contributed by atoms with E-state index in [1.165, 1.54) is 6.07 Å². The minimum absolute atomic E-state index is 0.120. The number of pyridine rings is 1. The highest BCUT2D eigenvalue weighted by atomic mass is 16.2. The van der Waals surface area contributed by atoms with E-state index in [-0.39, 0.29) is 17.3 Å². The molecule has 0 bridgehead atoms. The second kappa shape index (κ2) is 7.02. The molecule has 1 fully saturated rings. The summed E-state index contributed by atoms with van der Waals surface area (Å²) in [6, 6.07) is 9.03. The molecule has 1 aromatic carbocycles. The van der Waals surface area contributed by atoms with Crippen LogP contribution in [0.4, 0.5) is 0 Å². The number of hydrogen-bond acceptors (Lipinski definition) is 3. The van der Waals surface area contributed by atoms with Crippen LogP contribution in [0.25, 0.3) is 10.9 Å². The Hall–Kier alpha value is -2.89. The number of fused-ring (bicyclic) bond motifs is 1. The van der Waals surface area contributed by atoms with E-state index in [4.69, 9.17) is 0 Å². The molecule has 6 nitrogen and oxygen atoms in total. The summed E-state index contributed by atoms with van der Waals surface area (Å²) >= 11 is 0. The van der Waals surface area contributed by atoms with Crippen LogP contribution in [0, 0.1) is 0 Å². The number of para-hydroxylation sites is 1. The van der Waals surface area contributed by atoms with Crippen LogP contribution in [-0.4, -0.2) is 38.4 Å². The lowest BCUT2D eigenvalue weighted by atomic mass is 9.96. The van der Waals surface area contributed by atoms with E-state index in [9.17, 15) is 9.59 Å². The van der Waals surface area contributed by atoms with Gasteiger partial charge in [0.15, 0.2) is 5.43 Å². The molecule has 1 atom stereocenters. The Morgan fingerprint density at radius 3 is 2.93 bits per heavy atom. The fourth-order valence-electron chi connectivity index (χ4n) is 3.93. The van der Waals surface area contributed by atoms with E-state index in [0.29, 0.717) is 35.7 Å². The molecule has 6 heteroatoms. The van der Waals surface area contributed by atoms with Crippen LogP contribution < -0.4 is 5.43 Å². The highest BCUT2D eigenvalue weighted by Crippen LogP contribution is 2.28. The number of rotatable bonds is 3. The minimum Gasteiger partial charge on any atom is -0.350 e. The number of nitrogens with one attached hydrogen (secondary N) is 1. The van der Waals surface area contributed by atoms with Crippen LogP contribution >= 0.6 is 0 Å². The SMILES string of the molecule is CC(C)n1ccnc1[C@H]1CCCN(C(=O)c2cc(=O)c3ccccc3[nH]2)C1. The number of piperidine rings is 1. The Labute approximate surface area is 157 Å². The largest absolute Gasteiger partial charge is 0.350 e. The van der Waals surface area contributed by atoms with E-state index in [2.05, 4.69) is 28.4 Å². The van der Waals surface area contributed by atoms with Crippen molar-refractivity contribution >= 4 is 16.8 Å². The maximum atomic E-state index is 13.1. The van der Waals surface area contributed by atoms with Gasteiger partial charge < -0.3 is 14.5 Å². The number of aromatic nitrogens is 3. The Bertz CT molecular complexity index is 1030. The number of benzene rings is 1. The van der Waals surface area contributed by atoms with E-state index in [1.54, 1.807) is 6.07 Å². The van der Waals surface area contributed by atoms with Crippen LogP contribution in [0.15, 0.2) is 47.5 Å². The maximum absolute atomic E-state index is 13.1. The van der Waals surface area contributed by atoms with Crippen molar-refractivity contribution in [1.82, 2.24) is 19.4 Å². The average Bonchev–Trinajstić information content (AvgIpc) is 3.18. The quantitative estimate of drug-likeness (QED) is 0.775. The van der Waals surface area contributed by atoms with Gasteiger partial charge in [0.05, 0.1) is 0 Å². The lowest BCUT2D eigenvalue weighted by Gasteiger charge is -2.33. The first-order chi connectivity index (χ1) is 13.0. The van der Waals surface area contributed by atoms with Crippen molar-refractivity contribution in [2.24, 2.45) is 0 Å². The number of nitrogens with zero attached hydrogens (tertiary/aromatic N) is 3. The van der Waals surface area contributed by atoms with Crippen LogP contribution in [0.3, 0.4) is 0 Å². The molecule has 1 aliphatic rings. The third-order valence-electron chi connectivity index (χ3n) is 5.30. The number of carbonyl (C=O) groups is 1. The molecule has 0 spiro atoms. The van der Waals surface area contributed by atoms with Crippen LogP contribution in [0.2, 0.25) is 0 Å². The van der Waals surface area contributed by atoms with E-state index in [0.717, 1.165) is 18.7 Å². The van der Waals surface area contributed by atoms with Gasteiger partial charge in [-0.05, 0) is 38.8 Å². The molecule has 1 amide bonds. The molecule has 1 aliphatic heterocycles. The first-order valence-electron chi connectivity index (χ1n) is 9.48. The van der Waals surface area contributed by atoms with Gasteiger partial charge in [0.1, 0.15) is 11.5 Å². The Kier molecular flexibility index (Phi) is 4.56. The molecular weight excluding hydrogens is 340 g/mol. The number of likely N-dealkylation sites (tertiary alicyclic amines) is 1. The molecule has 140 valence electrons. The van der Waals surface area contributed by atoms with Gasteiger partial charge in [-0.3, -0.25) is 9.59 Å². The smallest absolute Gasteiger partial charge is 0.270 e. The number of amides is 1. The Morgan fingerprint density at radius 1 is 1.30 bits per heavy atom. The molecule has 0 aliphatic carbocycles. The van der Waals surface area contributed by atoms with Crippen molar-refractivity contribution < 1.29 is 4.79 Å². The van der Waals surface area contributed by atoms with Gasteiger partial charge >= 0.3 is 0 Å². The topological polar surface area (TPSA) is 71.0 Å². The summed E-state index contributed by atoms with van der Waals surface area (Å²) in [5.41, 5.74) is 0.917. The third kappa shape index (κ3) is 3.27. The fraction of sp³-hybridized carbons (Fsp3) is 0.381. The van der Waals surface area contributed by atoms with Crippen molar-refractivity contribution in [1.29, 1.82) is 0 Å². The molecule has 0 radical (unpaired) electrons. The van der Waals surface area contributed by atoms with Crippen molar-refractivity contribution in [3.05, 3.63) is 64.5 Å². The minimum atomic E-state index is -0.128. The van der Waals surface area contributed by atoms with Crippen molar-refractivity contribution in [2.45, 2.75) is 38.6 Å². The zero-order chi connectivity index (χ0) is 19.0. The van der Waals surface area contributed by atoms with Crippen LogP contribution in [0.5, 0.6) is 0 Å². The fourth-order valence-corrected chi connectivity index (χ4v) is 3.93. The zero-order valence-electron chi connectivity index (χ0n) is 15.7. The van der Waals surface area contributed by atoms with Crippen molar-refractivity contribution in [3.63, 3.8) is 0 Å². The summed E-state index contributed by atoms with van der Waals surface area (Å²) < 4.78 is 2.18. The third-order valence-corrected chi connectivity index (χ3v) is 5.30. The van der Waals surface area contributed by atoms with Crippen LogP contribution in [0.1, 0.15) is 55.0 Å². The van der Waals surface area contributed by atoms with Gasteiger partial charge in [-0.25, -0.2) is 4.98 Å². The molecule has 1 N–H and O–H groups in total. The summed E-state index contributed by atoms with van der Waals surface area (Å²) in [4.78, 5) is 34.9. The van der Waals surface area contributed by atoms with Crippen LogP contribution in [-0.2, 0) is 0 Å². The van der Waals surface area contributed by atoms with E-state index in [1.807, 2.05) is 35.5 Å². The summed E-state index contributed by atoms with van der Waals surface area (Å²) in [6.07, 6.45) is 5.78. The van der Waals surface area contributed by atoms with Gasteiger partial charge in [-0.1, -0.05) is 12.1 Å². The van der Waals surface area contributed by atoms with Gasteiger partial charge in [0.2, 0.25) is 0 Å². The number of aromatic amines is 1. The molecule has 0 unspecified atom stereocenters. The van der Waals surface area contributed by atoms with Gasteiger partial charge in [0, 0.05) is 54.4 Å². The highest BCUT2D eigenvalue weighted by molar-refractivity contribution is 5.95. The first kappa shape index (κ1) is 17.5. The number of H-pyrrole nitrogens is 1. The molecule has 4 rings (SSSR count). The average molecular weight is 364 g/mol. The standard InChI is InChI=1S/C21H24N4O2/c1-14(2)25-11-9-22-20(25)15-6-5-10-24(13-15)21(27)18-12-19(26)16-7-3-4-8-17(16)23-18/h3-4,7-9,11-12,14-15H,5-6,10,13H2,1-2H3,(H,23,26)/t15-/m0/s1. The summed E-state index contributed by atoms with van der Waals surface area (Å²) in [7, 11) is 0. The molecule has 27 heavy (non-hydrogen) atoms. The van der Waals surface area contributed by atoms with E-state index >= 15 is 0 Å². The Morgan fingerprint density at radius 2 is 2.11 bits per heavy atom. The highest BCUT2D eigenvalue weighted by Gasteiger charge is 2.29. The predicted molar refractivity (Wildman–Crippen MR) is 105 cm³/mol. The van der Waals surface area contributed by atoms with E-state index < -0.39 is 0 Å². The lowest BCUT2D eigenvalue weighted by Crippen LogP contribution is -2.40. The normalized spacial score (nSPS) is 17.6. The van der Waals surface area contributed by atoms with Gasteiger partial charge in [-0.15, -0.1) is 0 Å². The zero-order valence-corrected chi connectivity index (χ0v) is 15.7. The van der Waals surface area contributed by atoms with Gasteiger partial charge in [-0.2, -0.15) is 0 Å². The summed E-state index contributed by atoms with van der Waals surface area (Å²) in [5, 5.41) is 0.601. The molecule has 3 heterocycles. The molecule has 1 saturated heterocycles. The number of carbonyl (C=O) groups excluding carboxylic acids is 1. The molecule has 2 aromatic heterocycles. The number of hydrogen-bond donors (Lipinski definition) is 1. The summed E-state index contributed by atoms with van der Waals surface area (Å²) in [5.74, 6) is 1.13. The van der Waals surface area contributed by atoms with Crippen molar-refractivity contribution in [3.8, 4) is 0 Å². The molecule has 0 saturated carbocycles.